The highest BCUT2D eigenvalue weighted by molar-refractivity contribution is 7.91. The molecule has 122 valence electrons. The quantitative estimate of drug-likeness (QED) is 0.579. The van der Waals surface area contributed by atoms with E-state index in [0.29, 0.717) is 12.3 Å². The lowest BCUT2D eigenvalue weighted by Gasteiger charge is -2.19. The summed E-state index contributed by atoms with van der Waals surface area (Å²) in [6, 6.07) is 4.66. The highest BCUT2D eigenvalue weighted by Gasteiger charge is 2.27. The van der Waals surface area contributed by atoms with Gasteiger partial charge in [-0.3, -0.25) is 0 Å². The SMILES string of the molecule is C/C(=N/[S+]([O-])C(C)(C)C)c1ccc(F)c(OCCC2CC2)c1. The lowest BCUT2D eigenvalue weighted by atomic mass is 10.1. The molecule has 1 aromatic rings. The third-order valence-electron chi connectivity index (χ3n) is 3.57. The Morgan fingerprint density at radius 3 is 2.68 bits per heavy atom. The van der Waals surface area contributed by atoms with Crippen molar-refractivity contribution < 1.29 is 13.7 Å². The molecule has 0 heterocycles. The fraction of sp³-hybridized carbons (Fsp3) is 0.588. The zero-order valence-corrected chi connectivity index (χ0v) is 14.5. The maximum absolute atomic E-state index is 13.8. The van der Waals surface area contributed by atoms with Crippen LogP contribution in [0.15, 0.2) is 22.6 Å². The number of hydrogen-bond donors (Lipinski definition) is 0. The molecule has 0 aromatic heterocycles. The van der Waals surface area contributed by atoms with E-state index in [1.807, 2.05) is 20.8 Å². The summed E-state index contributed by atoms with van der Waals surface area (Å²) in [5.41, 5.74) is 1.36. The van der Waals surface area contributed by atoms with Crippen LogP contribution in [0.5, 0.6) is 5.75 Å². The third kappa shape index (κ3) is 4.99. The van der Waals surface area contributed by atoms with Crippen molar-refractivity contribution >= 4 is 17.1 Å². The van der Waals surface area contributed by atoms with Gasteiger partial charge in [-0.1, -0.05) is 17.2 Å². The van der Waals surface area contributed by atoms with Crippen molar-refractivity contribution in [3.05, 3.63) is 29.6 Å². The first-order valence-electron chi connectivity index (χ1n) is 7.67. The van der Waals surface area contributed by atoms with Crippen molar-refractivity contribution in [3.8, 4) is 5.75 Å². The van der Waals surface area contributed by atoms with Crippen molar-refractivity contribution in [1.82, 2.24) is 0 Å². The molecule has 0 bridgehead atoms. The van der Waals surface area contributed by atoms with Crippen molar-refractivity contribution in [3.63, 3.8) is 0 Å². The van der Waals surface area contributed by atoms with E-state index in [4.69, 9.17) is 4.74 Å². The highest BCUT2D eigenvalue weighted by atomic mass is 32.2. The van der Waals surface area contributed by atoms with E-state index in [-0.39, 0.29) is 11.6 Å². The van der Waals surface area contributed by atoms with Crippen LogP contribution in [-0.4, -0.2) is 21.6 Å². The van der Waals surface area contributed by atoms with Gasteiger partial charge in [0.15, 0.2) is 11.6 Å². The number of nitrogens with zero attached hydrogens (tertiary/aromatic N) is 1. The van der Waals surface area contributed by atoms with Crippen LogP contribution in [0.25, 0.3) is 0 Å². The molecule has 1 saturated carbocycles. The minimum absolute atomic E-state index is 0.245. The minimum Gasteiger partial charge on any atom is -0.591 e. The van der Waals surface area contributed by atoms with E-state index in [1.165, 1.54) is 18.9 Å². The Balaban J connectivity index is 2.08. The Morgan fingerprint density at radius 1 is 1.41 bits per heavy atom. The molecule has 3 nitrogen and oxygen atoms in total. The first-order chi connectivity index (χ1) is 10.3. The Hall–Kier alpha value is -1.07. The van der Waals surface area contributed by atoms with E-state index in [2.05, 4.69) is 4.40 Å². The van der Waals surface area contributed by atoms with Crippen molar-refractivity contribution in [2.24, 2.45) is 10.3 Å². The number of rotatable bonds is 6. The standard InChI is InChI=1S/C17H24FNO2S/c1-12(19-22(20)17(2,3)4)14-7-8-15(18)16(11-14)21-10-9-13-5-6-13/h7-8,11,13H,5-6,9-10H2,1-4H3/b19-12-. The van der Waals surface area contributed by atoms with Crippen LogP contribution in [0.3, 0.4) is 0 Å². The van der Waals surface area contributed by atoms with Gasteiger partial charge in [0.05, 0.1) is 12.3 Å². The predicted octanol–water partition coefficient (Wildman–Crippen LogP) is 4.28. The van der Waals surface area contributed by atoms with Gasteiger partial charge >= 0.3 is 0 Å². The Morgan fingerprint density at radius 2 is 2.09 bits per heavy atom. The zero-order chi connectivity index (χ0) is 16.3. The first-order valence-corrected chi connectivity index (χ1v) is 8.78. The van der Waals surface area contributed by atoms with E-state index < -0.39 is 16.1 Å². The molecule has 0 aliphatic heterocycles. The fourth-order valence-electron chi connectivity index (χ4n) is 1.90. The van der Waals surface area contributed by atoms with Crippen LogP contribution < -0.4 is 4.74 Å². The van der Waals surface area contributed by atoms with Crippen LogP contribution in [0.1, 0.15) is 52.5 Å². The molecule has 2 rings (SSSR count). The molecule has 1 unspecified atom stereocenters. The third-order valence-corrected chi connectivity index (χ3v) is 5.06. The van der Waals surface area contributed by atoms with Gasteiger partial charge in [0.2, 0.25) is 0 Å². The number of hydrogen-bond acceptors (Lipinski definition) is 3. The van der Waals surface area contributed by atoms with Crippen LogP contribution in [0, 0.1) is 11.7 Å². The van der Waals surface area contributed by atoms with Gasteiger partial charge in [-0.2, -0.15) is 0 Å². The highest BCUT2D eigenvalue weighted by Crippen LogP contribution is 2.32. The molecule has 0 amide bonds. The maximum Gasteiger partial charge on any atom is 0.165 e. The van der Waals surface area contributed by atoms with Crippen molar-refractivity contribution in [2.75, 3.05) is 6.61 Å². The minimum atomic E-state index is -1.33. The lowest BCUT2D eigenvalue weighted by molar-refractivity contribution is 0.288. The Kier molecular flexibility index (Phi) is 5.50. The number of halogens is 1. The second-order valence-electron chi connectivity index (χ2n) is 6.76. The molecular weight excluding hydrogens is 301 g/mol. The normalized spacial score (nSPS) is 17.5. The molecule has 0 spiro atoms. The molecule has 1 aliphatic rings. The summed E-state index contributed by atoms with van der Waals surface area (Å²) in [6.07, 6.45) is 3.50. The topological polar surface area (TPSA) is 44.7 Å². The Bertz CT molecular complexity index is 550. The van der Waals surface area contributed by atoms with E-state index >= 15 is 0 Å². The van der Waals surface area contributed by atoms with Gasteiger partial charge < -0.3 is 9.29 Å². The predicted molar refractivity (Wildman–Crippen MR) is 89.3 cm³/mol. The molecule has 5 heteroatoms. The molecule has 0 saturated heterocycles. The summed E-state index contributed by atoms with van der Waals surface area (Å²) < 4.78 is 35.2. The van der Waals surface area contributed by atoms with Gasteiger partial charge in [0, 0.05) is 5.56 Å². The number of ether oxygens (including phenoxy) is 1. The summed E-state index contributed by atoms with van der Waals surface area (Å²) in [5.74, 6) is 0.627. The van der Waals surface area contributed by atoms with Gasteiger partial charge in [-0.25, -0.2) is 4.39 Å². The Labute approximate surface area is 135 Å². The summed E-state index contributed by atoms with van der Waals surface area (Å²) in [5, 5.41) is 0. The van der Waals surface area contributed by atoms with E-state index in [0.717, 1.165) is 17.9 Å². The van der Waals surface area contributed by atoms with Crippen LogP contribution in [0.2, 0.25) is 0 Å². The summed E-state index contributed by atoms with van der Waals surface area (Å²) in [6.45, 7) is 7.94. The van der Waals surface area contributed by atoms with E-state index in [9.17, 15) is 8.94 Å². The second kappa shape index (κ2) is 7.01. The first kappa shape index (κ1) is 17.3. The van der Waals surface area contributed by atoms with E-state index in [1.54, 1.807) is 19.1 Å². The molecule has 1 atom stereocenters. The van der Waals surface area contributed by atoms with Crippen LogP contribution in [-0.2, 0) is 11.4 Å². The van der Waals surface area contributed by atoms with Crippen molar-refractivity contribution in [1.29, 1.82) is 0 Å². The molecule has 1 aliphatic carbocycles. The molecule has 0 N–H and O–H groups in total. The lowest BCUT2D eigenvalue weighted by Crippen LogP contribution is -2.26. The molecule has 1 fully saturated rings. The molecule has 1 aromatic carbocycles. The smallest absolute Gasteiger partial charge is 0.165 e. The van der Waals surface area contributed by atoms with Crippen LogP contribution >= 0.6 is 0 Å². The monoisotopic (exact) mass is 325 g/mol. The average molecular weight is 325 g/mol. The van der Waals surface area contributed by atoms with Gasteiger partial charge in [0.1, 0.15) is 16.1 Å². The van der Waals surface area contributed by atoms with Gasteiger partial charge in [0.25, 0.3) is 0 Å². The second-order valence-corrected chi connectivity index (χ2v) is 8.67. The maximum atomic E-state index is 13.8. The molecular formula is C17H24FNO2S. The largest absolute Gasteiger partial charge is 0.591 e. The summed E-state index contributed by atoms with van der Waals surface area (Å²) >= 11 is -1.33. The van der Waals surface area contributed by atoms with Gasteiger partial charge in [-0.15, -0.1) is 0 Å². The summed E-state index contributed by atoms with van der Waals surface area (Å²) in [4.78, 5) is 0. The molecule has 0 radical (unpaired) electrons. The van der Waals surface area contributed by atoms with Gasteiger partial charge in [-0.05, 0) is 58.2 Å². The van der Waals surface area contributed by atoms with Crippen LogP contribution in [0.4, 0.5) is 4.39 Å². The van der Waals surface area contributed by atoms with Crippen molar-refractivity contribution in [2.45, 2.75) is 51.7 Å². The fourth-order valence-corrected chi connectivity index (χ4v) is 2.52. The number of benzene rings is 1. The zero-order valence-electron chi connectivity index (χ0n) is 13.7. The summed E-state index contributed by atoms with van der Waals surface area (Å²) in [7, 11) is 0. The molecule has 22 heavy (non-hydrogen) atoms. The average Bonchev–Trinajstić information content (AvgIpc) is 3.23.